The number of phenols is 1. The molecule has 3 rings (SSSR count). The number of aliphatic hydroxyl groups is 1. The largest absolute Gasteiger partial charge is 0.508 e. The number of amides is 2. The molecular weight excluding hydrogens is 638 g/mol. The van der Waals surface area contributed by atoms with Gasteiger partial charge in [0.05, 0.1) is 26.9 Å². The standard InChI is InChI=1S/C24H13Cl2F9N2O5/c25-13-8-10(38)4-5-11(13)19(39)36-15-3-1-2-12(17(15)27)20(40)37-18-14(26)6-9(7-16(18)42-21(28)41)22(29,23(30,31)32)24(33,34)35/h1-8,21,38,41H,(H,36,39)(H,37,40). The molecule has 0 radical (unpaired) electrons. The summed E-state index contributed by atoms with van der Waals surface area (Å²) >= 11 is 11.6. The molecule has 3 aromatic carbocycles. The quantitative estimate of drug-likeness (QED) is 0.159. The van der Waals surface area contributed by atoms with Gasteiger partial charge in [-0.1, -0.05) is 29.3 Å². The zero-order valence-electron chi connectivity index (χ0n) is 20.0. The number of halogens is 11. The SMILES string of the molecule is O=C(Nc1cccc(C(=O)Nc2c(Cl)cc(C(F)(C(F)(F)F)C(F)(F)F)cc2OC(O)F)c1F)c1ccc(O)cc1Cl. The molecule has 4 N–H and O–H groups in total. The molecule has 1 atom stereocenters. The Hall–Kier alpha value is -3.89. The minimum Gasteiger partial charge on any atom is -0.508 e. The minimum atomic E-state index is -6.61. The van der Waals surface area contributed by atoms with Crippen LogP contribution in [0.2, 0.25) is 10.0 Å². The second-order valence-electron chi connectivity index (χ2n) is 8.13. The third kappa shape index (κ3) is 6.44. The maximum absolute atomic E-state index is 15.1. The smallest absolute Gasteiger partial charge is 0.435 e. The number of phenolic OH excluding ortho intramolecular Hbond substituents is 1. The molecule has 3 aromatic rings. The van der Waals surface area contributed by atoms with Gasteiger partial charge < -0.3 is 25.6 Å². The van der Waals surface area contributed by atoms with Crippen LogP contribution in [0.15, 0.2) is 48.5 Å². The highest BCUT2D eigenvalue weighted by Crippen LogP contribution is 2.55. The number of ether oxygens (including phenoxy) is 1. The Bertz CT molecular complexity index is 1520. The van der Waals surface area contributed by atoms with E-state index >= 15 is 4.39 Å². The van der Waals surface area contributed by atoms with E-state index in [1.54, 1.807) is 5.32 Å². The van der Waals surface area contributed by atoms with Crippen LogP contribution in [0.4, 0.5) is 50.9 Å². The van der Waals surface area contributed by atoms with Gasteiger partial charge >= 0.3 is 24.6 Å². The first-order valence-electron chi connectivity index (χ1n) is 10.8. The Morgan fingerprint density at radius 2 is 1.43 bits per heavy atom. The number of alkyl halides is 8. The van der Waals surface area contributed by atoms with E-state index in [1.165, 1.54) is 0 Å². The lowest BCUT2D eigenvalue weighted by atomic mass is 9.93. The number of benzene rings is 3. The van der Waals surface area contributed by atoms with E-state index in [-0.39, 0.29) is 28.5 Å². The van der Waals surface area contributed by atoms with Crippen molar-refractivity contribution in [3.05, 3.63) is 81.1 Å². The average Bonchev–Trinajstić information content (AvgIpc) is 2.84. The van der Waals surface area contributed by atoms with Gasteiger partial charge in [-0.25, -0.2) is 8.78 Å². The van der Waals surface area contributed by atoms with Crippen LogP contribution < -0.4 is 15.4 Å². The van der Waals surface area contributed by atoms with Crippen LogP contribution in [0.3, 0.4) is 0 Å². The summed E-state index contributed by atoms with van der Waals surface area (Å²) < 4.78 is 126. The van der Waals surface area contributed by atoms with Crippen molar-refractivity contribution in [3.63, 3.8) is 0 Å². The molecule has 0 saturated carbocycles. The molecule has 0 aliphatic carbocycles. The van der Waals surface area contributed by atoms with Gasteiger partial charge in [-0.05, 0) is 42.5 Å². The summed E-state index contributed by atoms with van der Waals surface area (Å²) in [6.45, 7) is -3.42. The van der Waals surface area contributed by atoms with Crippen molar-refractivity contribution in [2.24, 2.45) is 0 Å². The number of carbonyl (C=O) groups is 2. The van der Waals surface area contributed by atoms with Gasteiger partial charge in [0.15, 0.2) is 11.6 Å². The summed E-state index contributed by atoms with van der Waals surface area (Å²) in [7, 11) is 0. The van der Waals surface area contributed by atoms with Gasteiger partial charge in [-0.3, -0.25) is 9.59 Å². The molecule has 0 bridgehead atoms. The van der Waals surface area contributed by atoms with E-state index < -0.39 is 75.5 Å². The van der Waals surface area contributed by atoms with E-state index in [1.807, 2.05) is 0 Å². The molecule has 1 unspecified atom stereocenters. The number of aliphatic hydroxyl groups excluding tert-OH is 1. The fourth-order valence-corrected chi connectivity index (χ4v) is 3.97. The summed E-state index contributed by atoms with van der Waals surface area (Å²) in [6, 6.07) is 5.55. The van der Waals surface area contributed by atoms with Crippen molar-refractivity contribution in [1.82, 2.24) is 0 Å². The fraction of sp³-hybridized carbons (Fsp3) is 0.167. The van der Waals surface area contributed by atoms with Crippen LogP contribution >= 0.6 is 23.2 Å². The third-order valence-corrected chi connectivity index (χ3v) is 6.00. The maximum atomic E-state index is 15.1. The van der Waals surface area contributed by atoms with E-state index in [2.05, 4.69) is 10.1 Å². The van der Waals surface area contributed by atoms with Crippen molar-refractivity contribution in [1.29, 1.82) is 0 Å². The van der Waals surface area contributed by atoms with Crippen LogP contribution in [0.25, 0.3) is 0 Å². The lowest BCUT2D eigenvalue weighted by Crippen LogP contribution is -2.50. The molecule has 0 aliphatic rings. The first-order chi connectivity index (χ1) is 19.3. The zero-order chi connectivity index (χ0) is 31.8. The van der Waals surface area contributed by atoms with Crippen LogP contribution in [0, 0.1) is 5.82 Å². The monoisotopic (exact) mass is 650 g/mol. The maximum Gasteiger partial charge on any atom is 0.435 e. The molecule has 0 spiro atoms. The van der Waals surface area contributed by atoms with Crippen LogP contribution in [0.1, 0.15) is 26.3 Å². The van der Waals surface area contributed by atoms with Crippen molar-refractivity contribution < 1.29 is 64.1 Å². The molecule has 0 aliphatic heterocycles. The fourth-order valence-electron chi connectivity index (χ4n) is 3.45. The van der Waals surface area contributed by atoms with E-state index in [0.717, 1.165) is 36.4 Å². The number of rotatable bonds is 7. The number of aromatic hydroxyl groups is 1. The molecular formula is C24H13Cl2F9N2O5. The summed E-state index contributed by atoms with van der Waals surface area (Å²) in [6.07, 6.45) is -13.2. The Kier molecular flexibility index (Phi) is 9.14. The molecule has 42 heavy (non-hydrogen) atoms. The average molecular weight is 651 g/mol. The molecule has 7 nitrogen and oxygen atoms in total. The third-order valence-electron chi connectivity index (χ3n) is 5.38. The van der Waals surface area contributed by atoms with Crippen LogP contribution in [-0.4, -0.2) is 40.9 Å². The van der Waals surface area contributed by atoms with Gasteiger partial charge in [0.2, 0.25) is 0 Å². The van der Waals surface area contributed by atoms with Crippen molar-refractivity contribution in [3.8, 4) is 11.5 Å². The number of nitrogens with one attached hydrogen (secondary N) is 2. The summed E-state index contributed by atoms with van der Waals surface area (Å²) in [5, 5.41) is 20.6. The Morgan fingerprint density at radius 3 is 1.98 bits per heavy atom. The second kappa shape index (κ2) is 11.8. The Morgan fingerprint density at radius 1 is 0.833 bits per heavy atom. The first kappa shape index (κ1) is 32.6. The van der Waals surface area contributed by atoms with E-state index in [0.29, 0.717) is 0 Å². The topological polar surface area (TPSA) is 108 Å². The number of anilines is 2. The van der Waals surface area contributed by atoms with Crippen molar-refractivity contribution >= 4 is 46.4 Å². The van der Waals surface area contributed by atoms with Crippen LogP contribution in [-0.2, 0) is 5.67 Å². The van der Waals surface area contributed by atoms with Gasteiger partial charge in [-0.15, -0.1) is 0 Å². The van der Waals surface area contributed by atoms with Crippen molar-refractivity contribution in [2.45, 2.75) is 24.6 Å². The predicted octanol–water partition coefficient (Wildman–Crippen LogP) is 7.26. The lowest BCUT2D eigenvalue weighted by Gasteiger charge is -2.31. The van der Waals surface area contributed by atoms with Gasteiger partial charge in [0.25, 0.3) is 11.8 Å². The summed E-state index contributed by atoms with van der Waals surface area (Å²) in [4.78, 5) is 25.3. The highest BCUT2D eigenvalue weighted by Gasteiger charge is 2.73. The van der Waals surface area contributed by atoms with Crippen LogP contribution in [0.5, 0.6) is 11.5 Å². The molecule has 18 heteroatoms. The second-order valence-corrected chi connectivity index (χ2v) is 8.95. The highest BCUT2D eigenvalue weighted by atomic mass is 35.5. The molecule has 0 heterocycles. The molecule has 0 saturated heterocycles. The zero-order valence-corrected chi connectivity index (χ0v) is 21.5. The minimum absolute atomic E-state index is 0.190. The van der Waals surface area contributed by atoms with Crippen molar-refractivity contribution in [2.75, 3.05) is 10.6 Å². The van der Waals surface area contributed by atoms with Gasteiger partial charge in [-0.2, -0.15) is 30.7 Å². The number of hydrogen-bond donors (Lipinski definition) is 4. The van der Waals surface area contributed by atoms with E-state index in [9.17, 15) is 49.8 Å². The summed E-state index contributed by atoms with van der Waals surface area (Å²) in [5.74, 6) is -5.71. The normalized spacial score (nSPS) is 13.0. The first-order valence-corrected chi connectivity index (χ1v) is 11.6. The highest BCUT2D eigenvalue weighted by molar-refractivity contribution is 6.35. The van der Waals surface area contributed by atoms with E-state index in [4.69, 9.17) is 28.3 Å². The summed E-state index contributed by atoms with van der Waals surface area (Å²) in [5.41, 5.74) is -11.1. The predicted molar refractivity (Wildman–Crippen MR) is 130 cm³/mol. The number of carbonyl (C=O) groups excluding carboxylic acids is 2. The molecule has 0 fully saturated rings. The molecule has 2 amide bonds. The Labute approximate surface area is 238 Å². The molecule has 0 aromatic heterocycles. The molecule has 226 valence electrons. The lowest BCUT2D eigenvalue weighted by molar-refractivity contribution is -0.348. The number of hydrogen-bond acceptors (Lipinski definition) is 5. The van der Waals surface area contributed by atoms with Gasteiger partial charge in [0.1, 0.15) is 11.4 Å². The Balaban J connectivity index is 2.01. The van der Waals surface area contributed by atoms with Gasteiger partial charge in [0, 0.05) is 5.56 Å².